The fraction of sp³-hybridized carbons (Fsp3) is 0.647. The SMILES string of the molecule is C[C@H](O)CCO[Si@](C)(COCc1ccccc1)C(C)(C)C. The summed E-state index contributed by atoms with van der Waals surface area (Å²) in [5.41, 5.74) is 1.19. The van der Waals surface area contributed by atoms with Gasteiger partial charge >= 0.3 is 0 Å². The minimum Gasteiger partial charge on any atom is -0.414 e. The molecule has 1 aromatic carbocycles. The standard InChI is InChI=1S/C17H30O3Si/c1-15(18)11-12-20-21(5,17(2,3)4)14-19-13-16-9-7-6-8-10-16/h6-10,15,18H,11-14H2,1-5H3/t15-,21+/m0/s1. The van der Waals surface area contributed by atoms with E-state index in [-0.39, 0.29) is 11.1 Å². The molecule has 0 fully saturated rings. The number of aliphatic hydroxyl groups is 1. The van der Waals surface area contributed by atoms with E-state index in [1.807, 2.05) is 18.2 Å². The van der Waals surface area contributed by atoms with Gasteiger partial charge in [-0.3, -0.25) is 0 Å². The summed E-state index contributed by atoms with van der Waals surface area (Å²) in [6, 6.07) is 10.2. The van der Waals surface area contributed by atoms with Crippen LogP contribution < -0.4 is 0 Å². The second kappa shape index (κ2) is 8.08. The van der Waals surface area contributed by atoms with Crippen LogP contribution in [0.4, 0.5) is 0 Å². The first-order valence-electron chi connectivity index (χ1n) is 7.68. The average Bonchev–Trinajstić information content (AvgIpc) is 2.38. The maximum absolute atomic E-state index is 9.38. The zero-order chi connectivity index (χ0) is 15.9. The Kier molecular flexibility index (Phi) is 7.07. The third-order valence-electron chi connectivity index (χ3n) is 4.03. The number of hydrogen-bond acceptors (Lipinski definition) is 3. The van der Waals surface area contributed by atoms with Crippen LogP contribution >= 0.6 is 0 Å². The molecule has 1 rings (SSSR count). The van der Waals surface area contributed by atoms with Gasteiger partial charge in [0, 0.05) is 6.61 Å². The predicted octanol–water partition coefficient (Wildman–Crippen LogP) is 3.91. The van der Waals surface area contributed by atoms with Crippen molar-refractivity contribution in [1.29, 1.82) is 0 Å². The Morgan fingerprint density at radius 3 is 2.33 bits per heavy atom. The molecule has 4 heteroatoms. The molecule has 0 saturated heterocycles. The highest BCUT2D eigenvalue weighted by molar-refractivity contribution is 6.75. The van der Waals surface area contributed by atoms with E-state index in [1.54, 1.807) is 6.92 Å². The Bertz CT molecular complexity index is 400. The Labute approximate surface area is 130 Å². The zero-order valence-corrected chi connectivity index (χ0v) is 15.1. The van der Waals surface area contributed by atoms with Crippen LogP contribution in [0.3, 0.4) is 0 Å². The van der Waals surface area contributed by atoms with Crippen LogP contribution in [0.25, 0.3) is 0 Å². The lowest BCUT2D eigenvalue weighted by Crippen LogP contribution is -2.49. The third kappa shape index (κ3) is 6.30. The predicted molar refractivity (Wildman–Crippen MR) is 89.7 cm³/mol. The molecule has 0 saturated carbocycles. The fourth-order valence-corrected chi connectivity index (χ4v) is 3.88. The lowest BCUT2D eigenvalue weighted by molar-refractivity contribution is 0.119. The summed E-state index contributed by atoms with van der Waals surface area (Å²) in [5.74, 6) is 0. The van der Waals surface area contributed by atoms with Gasteiger partial charge in [-0.2, -0.15) is 0 Å². The van der Waals surface area contributed by atoms with Crippen LogP contribution in [-0.4, -0.2) is 32.4 Å². The summed E-state index contributed by atoms with van der Waals surface area (Å²) in [5, 5.41) is 9.48. The number of aliphatic hydroxyl groups excluding tert-OH is 1. The van der Waals surface area contributed by atoms with Gasteiger partial charge in [0.25, 0.3) is 0 Å². The van der Waals surface area contributed by atoms with E-state index in [2.05, 4.69) is 39.5 Å². The monoisotopic (exact) mass is 310 g/mol. The van der Waals surface area contributed by atoms with Gasteiger partial charge in [0.15, 0.2) is 0 Å². The van der Waals surface area contributed by atoms with Gasteiger partial charge in [-0.1, -0.05) is 51.1 Å². The maximum atomic E-state index is 9.38. The van der Waals surface area contributed by atoms with E-state index in [0.29, 0.717) is 25.9 Å². The van der Waals surface area contributed by atoms with Crippen molar-refractivity contribution in [3.8, 4) is 0 Å². The molecule has 0 heterocycles. The molecule has 0 spiro atoms. The van der Waals surface area contributed by atoms with E-state index in [4.69, 9.17) is 9.16 Å². The smallest absolute Gasteiger partial charge is 0.220 e. The van der Waals surface area contributed by atoms with Gasteiger partial charge in [0.05, 0.1) is 18.9 Å². The lowest BCUT2D eigenvalue weighted by Gasteiger charge is -2.39. The van der Waals surface area contributed by atoms with Crippen LogP contribution in [0.1, 0.15) is 39.7 Å². The van der Waals surface area contributed by atoms with Gasteiger partial charge < -0.3 is 14.3 Å². The fourth-order valence-electron chi connectivity index (χ4n) is 1.87. The molecule has 0 aliphatic carbocycles. The van der Waals surface area contributed by atoms with Gasteiger partial charge in [-0.05, 0) is 30.5 Å². The van der Waals surface area contributed by atoms with Crippen molar-refractivity contribution in [3.63, 3.8) is 0 Å². The van der Waals surface area contributed by atoms with Crippen LogP contribution in [0.15, 0.2) is 30.3 Å². The van der Waals surface area contributed by atoms with Crippen molar-refractivity contribution < 1.29 is 14.3 Å². The summed E-state index contributed by atoms with van der Waals surface area (Å²) < 4.78 is 12.1. The lowest BCUT2D eigenvalue weighted by atomic mass is 10.2. The Morgan fingerprint density at radius 1 is 1.19 bits per heavy atom. The molecule has 21 heavy (non-hydrogen) atoms. The number of hydrogen-bond donors (Lipinski definition) is 1. The van der Waals surface area contributed by atoms with Crippen molar-refractivity contribution in [1.82, 2.24) is 0 Å². The van der Waals surface area contributed by atoms with Crippen molar-refractivity contribution in [2.75, 3.05) is 12.8 Å². The van der Waals surface area contributed by atoms with E-state index >= 15 is 0 Å². The first-order valence-corrected chi connectivity index (χ1v) is 10.3. The van der Waals surface area contributed by atoms with E-state index < -0.39 is 8.32 Å². The maximum Gasteiger partial charge on any atom is 0.220 e. The molecule has 0 aliphatic heterocycles. The highest BCUT2D eigenvalue weighted by Crippen LogP contribution is 2.37. The largest absolute Gasteiger partial charge is 0.414 e. The summed E-state index contributed by atoms with van der Waals surface area (Å²) in [6.45, 7) is 11.9. The second-order valence-corrected chi connectivity index (χ2v) is 11.5. The van der Waals surface area contributed by atoms with Crippen LogP contribution in [0.2, 0.25) is 11.6 Å². The summed E-state index contributed by atoms with van der Waals surface area (Å²) in [6.07, 6.45) is 1.04. The van der Waals surface area contributed by atoms with E-state index in [9.17, 15) is 5.11 Å². The minimum atomic E-state index is -2.01. The molecule has 120 valence electrons. The Balaban J connectivity index is 2.53. The summed E-state index contributed by atoms with van der Waals surface area (Å²) in [7, 11) is -2.01. The minimum absolute atomic E-state index is 0.0996. The summed E-state index contributed by atoms with van der Waals surface area (Å²) >= 11 is 0. The van der Waals surface area contributed by atoms with Crippen LogP contribution in [-0.2, 0) is 15.8 Å². The molecule has 1 aromatic rings. The highest BCUT2D eigenvalue weighted by Gasteiger charge is 2.42. The van der Waals surface area contributed by atoms with Gasteiger partial charge in [-0.15, -0.1) is 0 Å². The second-order valence-electron chi connectivity index (χ2n) is 6.95. The summed E-state index contributed by atoms with van der Waals surface area (Å²) in [4.78, 5) is 0. The molecule has 0 bridgehead atoms. The molecule has 1 N–H and O–H groups in total. The Hall–Kier alpha value is -0.683. The Morgan fingerprint density at radius 2 is 1.81 bits per heavy atom. The first kappa shape index (κ1) is 18.4. The zero-order valence-electron chi connectivity index (χ0n) is 14.1. The van der Waals surface area contributed by atoms with Gasteiger partial charge in [-0.25, -0.2) is 0 Å². The number of benzene rings is 1. The number of rotatable bonds is 8. The van der Waals surface area contributed by atoms with Crippen LogP contribution in [0.5, 0.6) is 0 Å². The topological polar surface area (TPSA) is 38.7 Å². The van der Waals surface area contributed by atoms with Crippen LogP contribution in [0, 0.1) is 0 Å². The average molecular weight is 311 g/mol. The first-order chi connectivity index (χ1) is 9.74. The molecule has 2 atom stereocenters. The normalized spacial score (nSPS) is 16.5. The van der Waals surface area contributed by atoms with Crippen molar-refractivity contribution in [2.45, 2.75) is 58.4 Å². The van der Waals surface area contributed by atoms with Crippen molar-refractivity contribution >= 4 is 8.32 Å². The van der Waals surface area contributed by atoms with E-state index in [1.165, 1.54) is 5.56 Å². The quantitative estimate of drug-likeness (QED) is 0.740. The molecule has 0 aliphatic rings. The number of ether oxygens (including phenoxy) is 1. The molecular weight excluding hydrogens is 280 g/mol. The molecule has 0 aromatic heterocycles. The van der Waals surface area contributed by atoms with Crippen molar-refractivity contribution in [3.05, 3.63) is 35.9 Å². The molecular formula is C17H30O3Si. The van der Waals surface area contributed by atoms with E-state index in [0.717, 1.165) is 0 Å². The molecule has 0 unspecified atom stereocenters. The van der Waals surface area contributed by atoms with Gasteiger partial charge in [0.2, 0.25) is 8.32 Å². The molecule has 0 radical (unpaired) electrons. The van der Waals surface area contributed by atoms with Crippen molar-refractivity contribution in [2.24, 2.45) is 0 Å². The third-order valence-corrected chi connectivity index (χ3v) is 8.80. The molecule has 0 amide bonds. The highest BCUT2D eigenvalue weighted by atomic mass is 28.4. The van der Waals surface area contributed by atoms with Gasteiger partial charge in [0.1, 0.15) is 0 Å². The molecule has 3 nitrogen and oxygen atoms in total.